The summed E-state index contributed by atoms with van der Waals surface area (Å²) in [6, 6.07) is 2.83. The molecule has 16 heavy (non-hydrogen) atoms. The molecule has 2 N–H and O–H groups in total. The molecule has 0 spiro atoms. The topological polar surface area (TPSA) is 41.6 Å². The molecule has 0 aliphatic carbocycles. The SMILES string of the molecule is CCC(C)N1C(N)=NCC1c1sccc1Br. The Bertz CT molecular complexity index is 402. The summed E-state index contributed by atoms with van der Waals surface area (Å²) in [4.78, 5) is 7.93. The maximum Gasteiger partial charge on any atom is 0.192 e. The van der Waals surface area contributed by atoms with Gasteiger partial charge in [-0.1, -0.05) is 6.92 Å². The van der Waals surface area contributed by atoms with Gasteiger partial charge in [-0.05, 0) is 40.7 Å². The Kier molecular flexibility index (Phi) is 3.54. The summed E-state index contributed by atoms with van der Waals surface area (Å²) in [5.74, 6) is 0.680. The summed E-state index contributed by atoms with van der Waals surface area (Å²) in [5, 5.41) is 2.10. The van der Waals surface area contributed by atoms with Crippen molar-refractivity contribution in [2.24, 2.45) is 10.7 Å². The molecule has 2 heterocycles. The fourth-order valence-electron chi connectivity index (χ4n) is 1.99. The smallest absolute Gasteiger partial charge is 0.192 e. The number of halogens is 1. The molecule has 0 radical (unpaired) electrons. The van der Waals surface area contributed by atoms with Gasteiger partial charge in [0.05, 0.1) is 12.6 Å². The Labute approximate surface area is 108 Å². The molecule has 88 valence electrons. The fourth-order valence-corrected chi connectivity index (χ4v) is 3.72. The number of thiophene rings is 1. The minimum atomic E-state index is 0.310. The zero-order valence-electron chi connectivity index (χ0n) is 9.48. The van der Waals surface area contributed by atoms with Crippen LogP contribution in [0, 0.1) is 0 Å². The number of nitrogens with two attached hydrogens (primary N) is 1. The Morgan fingerprint density at radius 2 is 2.50 bits per heavy atom. The summed E-state index contributed by atoms with van der Waals surface area (Å²) < 4.78 is 1.17. The van der Waals surface area contributed by atoms with E-state index in [0.29, 0.717) is 18.0 Å². The monoisotopic (exact) mass is 301 g/mol. The molecule has 1 aromatic heterocycles. The van der Waals surface area contributed by atoms with Crippen LogP contribution in [0.5, 0.6) is 0 Å². The van der Waals surface area contributed by atoms with Gasteiger partial charge in [0.15, 0.2) is 5.96 Å². The van der Waals surface area contributed by atoms with Crippen LogP contribution in [0.4, 0.5) is 0 Å². The molecule has 2 unspecified atom stereocenters. The van der Waals surface area contributed by atoms with Crippen molar-refractivity contribution in [2.45, 2.75) is 32.4 Å². The van der Waals surface area contributed by atoms with Crippen molar-refractivity contribution in [3.8, 4) is 0 Å². The number of hydrogen-bond acceptors (Lipinski definition) is 4. The Hall–Kier alpha value is -0.550. The van der Waals surface area contributed by atoms with Crippen LogP contribution >= 0.6 is 27.3 Å². The van der Waals surface area contributed by atoms with E-state index in [1.54, 1.807) is 11.3 Å². The number of aliphatic imine (C=N–C) groups is 1. The highest BCUT2D eigenvalue weighted by atomic mass is 79.9. The van der Waals surface area contributed by atoms with Crippen LogP contribution in [0.25, 0.3) is 0 Å². The van der Waals surface area contributed by atoms with Gasteiger partial charge in [-0.15, -0.1) is 11.3 Å². The van der Waals surface area contributed by atoms with E-state index in [1.165, 1.54) is 9.35 Å². The molecular weight excluding hydrogens is 286 g/mol. The Morgan fingerprint density at radius 1 is 1.75 bits per heavy atom. The zero-order valence-corrected chi connectivity index (χ0v) is 11.9. The van der Waals surface area contributed by atoms with E-state index < -0.39 is 0 Å². The molecule has 0 saturated heterocycles. The van der Waals surface area contributed by atoms with E-state index in [2.05, 4.69) is 51.1 Å². The first-order chi connectivity index (χ1) is 7.65. The lowest BCUT2D eigenvalue weighted by Gasteiger charge is -2.31. The lowest BCUT2D eigenvalue weighted by molar-refractivity contribution is 0.271. The summed E-state index contributed by atoms with van der Waals surface area (Å²) in [5.41, 5.74) is 5.97. The van der Waals surface area contributed by atoms with Crippen molar-refractivity contribution in [3.63, 3.8) is 0 Å². The quantitative estimate of drug-likeness (QED) is 0.932. The van der Waals surface area contributed by atoms with E-state index in [4.69, 9.17) is 5.73 Å². The van der Waals surface area contributed by atoms with E-state index >= 15 is 0 Å². The molecule has 1 aliphatic rings. The number of hydrogen-bond donors (Lipinski definition) is 1. The highest BCUT2D eigenvalue weighted by molar-refractivity contribution is 9.10. The first kappa shape index (κ1) is 11.9. The van der Waals surface area contributed by atoms with Crippen molar-refractivity contribution in [1.82, 2.24) is 4.90 Å². The minimum absolute atomic E-state index is 0.310. The molecule has 0 aromatic carbocycles. The van der Waals surface area contributed by atoms with Gasteiger partial charge >= 0.3 is 0 Å². The molecule has 2 rings (SSSR count). The van der Waals surface area contributed by atoms with Crippen LogP contribution in [-0.2, 0) is 0 Å². The zero-order chi connectivity index (χ0) is 11.7. The van der Waals surface area contributed by atoms with E-state index in [9.17, 15) is 0 Å². The number of guanidine groups is 1. The van der Waals surface area contributed by atoms with Crippen LogP contribution in [0.2, 0.25) is 0 Å². The third-order valence-electron chi connectivity index (χ3n) is 3.04. The largest absolute Gasteiger partial charge is 0.370 e. The second kappa shape index (κ2) is 4.75. The molecule has 0 bridgehead atoms. The van der Waals surface area contributed by atoms with Gasteiger partial charge in [-0.3, -0.25) is 4.99 Å². The Balaban J connectivity index is 2.27. The van der Waals surface area contributed by atoms with Gasteiger partial charge in [-0.2, -0.15) is 0 Å². The summed E-state index contributed by atoms with van der Waals surface area (Å²) in [6.07, 6.45) is 1.08. The number of nitrogens with zero attached hydrogens (tertiary/aromatic N) is 2. The second-order valence-electron chi connectivity index (χ2n) is 4.01. The molecule has 1 aromatic rings. The lowest BCUT2D eigenvalue weighted by Crippen LogP contribution is -2.41. The standard InChI is InChI=1S/C11H16BrN3S/c1-3-7(2)15-9(6-14-11(15)13)10-8(12)4-5-16-10/h4-5,7,9H,3,6H2,1-2H3,(H2,13,14). The molecule has 0 fully saturated rings. The van der Waals surface area contributed by atoms with Crippen molar-refractivity contribution in [2.75, 3.05) is 6.54 Å². The maximum absolute atomic E-state index is 5.97. The van der Waals surface area contributed by atoms with Crippen molar-refractivity contribution < 1.29 is 0 Å². The van der Waals surface area contributed by atoms with Gasteiger partial charge in [0.25, 0.3) is 0 Å². The molecule has 0 saturated carbocycles. The van der Waals surface area contributed by atoms with Crippen LogP contribution in [0.15, 0.2) is 20.9 Å². The molecule has 5 heteroatoms. The highest BCUT2D eigenvalue weighted by Crippen LogP contribution is 2.36. The van der Waals surface area contributed by atoms with Gasteiger partial charge in [0, 0.05) is 15.4 Å². The first-order valence-electron chi connectivity index (χ1n) is 5.46. The predicted molar refractivity (Wildman–Crippen MR) is 72.8 cm³/mol. The third kappa shape index (κ3) is 1.98. The molecule has 0 amide bonds. The van der Waals surface area contributed by atoms with E-state index in [1.807, 2.05) is 0 Å². The molecule has 3 nitrogen and oxygen atoms in total. The van der Waals surface area contributed by atoms with Crippen molar-refractivity contribution in [1.29, 1.82) is 0 Å². The van der Waals surface area contributed by atoms with Crippen LogP contribution < -0.4 is 5.73 Å². The maximum atomic E-state index is 5.97. The second-order valence-corrected chi connectivity index (χ2v) is 5.81. The van der Waals surface area contributed by atoms with Gasteiger partial charge in [-0.25, -0.2) is 0 Å². The van der Waals surface area contributed by atoms with Gasteiger partial charge in [0.2, 0.25) is 0 Å². The minimum Gasteiger partial charge on any atom is -0.370 e. The molecule has 2 atom stereocenters. The number of rotatable bonds is 3. The van der Waals surface area contributed by atoms with Crippen molar-refractivity contribution >= 4 is 33.2 Å². The summed E-state index contributed by atoms with van der Waals surface area (Å²) in [6.45, 7) is 5.15. The van der Waals surface area contributed by atoms with E-state index in [-0.39, 0.29) is 0 Å². The van der Waals surface area contributed by atoms with Crippen LogP contribution in [-0.4, -0.2) is 23.4 Å². The predicted octanol–water partition coefficient (Wildman–Crippen LogP) is 2.98. The normalized spacial score (nSPS) is 22.3. The Morgan fingerprint density at radius 3 is 3.06 bits per heavy atom. The highest BCUT2D eigenvalue weighted by Gasteiger charge is 2.32. The van der Waals surface area contributed by atoms with Gasteiger partial charge in [0.1, 0.15) is 0 Å². The van der Waals surface area contributed by atoms with Crippen LogP contribution in [0.1, 0.15) is 31.2 Å². The fraction of sp³-hybridized carbons (Fsp3) is 0.545. The average Bonchev–Trinajstić information content (AvgIpc) is 2.83. The third-order valence-corrected chi connectivity index (χ3v) is 5.01. The van der Waals surface area contributed by atoms with E-state index in [0.717, 1.165) is 13.0 Å². The average molecular weight is 302 g/mol. The lowest BCUT2D eigenvalue weighted by atomic mass is 10.1. The summed E-state index contributed by atoms with van der Waals surface area (Å²) in [7, 11) is 0. The molecular formula is C11H16BrN3S. The van der Waals surface area contributed by atoms with Gasteiger partial charge < -0.3 is 10.6 Å². The molecule has 1 aliphatic heterocycles. The summed E-state index contributed by atoms with van der Waals surface area (Å²) >= 11 is 5.35. The first-order valence-corrected chi connectivity index (χ1v) is 7.13. The van der Waals surface area contributed by atoms with Crippen molar-refractivity contribution in [3.05, 3.63) is 20.8 Å². The van der Waals surface area contributed by atoms with Crippen LogP contribution in [0.3, 0.4) is 0 Å².